The van der Waals surface area contributed by atoms with Gasteiger partial charge >= 0.3 is 0 Å². The first-order chi connectivity index (χ1) is 9.75. The van der Waals surface area contributed by atoms with Gasteiger partial charge in [0.05, 0.1) is 18.2 Å². The van der Waals surface area contributed by atoms with Gasteiger partial charge in [0, 0.05) is 18.4 Å². The number of hydrogen-bond acceptors (Lipinski definition) is 3. The molecule has 110 valence electrons. The molecule has 20 heavy (non-hydrogen) atoms. The van der Waals surface area contributed by atoms with Crippen molar-refractivity contribution in [1.29, 1.82) is 0 Å². The molecule has 0 saturated heterocycles. The molecule has 0 amide bonds. The summed E-state index contributed by atoms with van der Waals surface area (Å²) in [4.78, 5) is 0. The minimum Gasteiger partial charge on any atom is -0.489 e. The lowest BCUT2D eigenvalue weighted by Gasteiger charge is -2.37. The van der Waals surface area contributed by atoms with Gasteiger partial charge < -0.3 is 15.2 Å². The number of fused-ring (bicyclic) bond motifs is 1. The predicted molar refractivity (Wildman–Crippen MR) is 80.9 cm³/mol. The molecule has 1 aliphatic carbocycles. The maximum Gasteiger partial charge on any atom is 0.179 e. The zero-order chi connectivity index (χ0) is 14.0. The fourth-order valence-corrected chi connectivity index (χ4v) is 3.64. The first-order valence-electron chi connectivity index (χ1n) is 7.55. The molecule has 3 rings (SSSR count). The van der Waals surface area contributed by atoms with Crippen molar-refractivity contribution >= 4 is 11.6 Å². The van der Waals surface area contributed by atoms with Gasteiger partial charge in [-0.1, -0.05) is 30.9 Å². The molecule has 1 aliphatic heterocycles. The van der Waals surface area contributed by atoms with Gasteiger partial charge in [-0.25, -0.2) is 0 Å². The van der Waals surface area contributed by atoms with Crippen molar-refractivity contribution in [2.45, 2.75) is 43.9 Å². The van der Waals surface area contributed by atoms with Gasteiger partial charge in [0.2, 0.25) is 0 Å². The number of halogens is 1. The second-order valence-electron chi connectivity index (χ2n) is 5.88. The van der Waals surface area contributed by atoms with E-state index in [2.05, 4.69) is 6.07 Å². The van der Waals surface area contributed by atoms with E-state index < -0.39 is 0 Å². The van der Waals surface area contributed by atoms with Crippen LogP contribution in [0.15, 0.2) is 12.1 Å². The molecule has 1 heterocycles. The van der Waals surface area contributed by atoms with Crippen molar-refractivity contribution in [2.75, 3.05) is 19.8 Å². The van der Waals surface area contributed by atoms with E-state index in [-0.39, 0.29) is 5.41 Å². The second kappa shape index (κ2) is 5.82. The fourth-order valence-electron chi connectivity index (χ4n) is 3.38. The number of hydrogen-bond donors (Lipinski definition) is 1. The largest absolute Gasteiger partial charge is 0.489 e. The van der Waals surface area contributed by atoms with Crippen LogP contribution in [0.1, 0.15) is 44.1 Å². The molecule has 0 bridgehead atoms. The van der Waals surface area contributed by atoms with E-state index in [0.29, 0.717) is 30.5 Å². The lowest BCUT2D eigenvalue weighted by Crippen LogP contribution is -2.37. The van der Waals surface area contributed by atoms with Crippen molar-refractivity contribution in [1.82, 2.24) is 0 Å². The lowest BCUT2D eigenvalue weighted by atomic mass is 9.69. The van der Waals surface area contributed by atoms with E-state index in [0.717, 1.165) is 25.0 Å². The highest BCUT2D eigenvalue weighted by molar-refractivity contribution is 6.32. The van der Waals surface area contributed by atoms with Crippen molar-refractivity contribution in [3.8, 4) is 11.5 Å². The Morgan fingerprint density at radius 3 is 2.55 bits per heavy atom. The summed E-state index contributed by atoms with van der Waals surface area (Å²) in [5.74, 6) is 1.47. The van der Waals surface area contributed by atoms with Gasteiger partial charge in [-0.2, -0.15) is 0 Å². The Hall–Kier alpha value is -0.930. The molecule has 4 heteroatoms. The zero-order valence-electron chi connectivity index (χ0n) is 11.8. The summed E-state index contributed by atoms with van der Waals surface area (Å²) < 4.78 is 11.5. The Morgan fingerprint density at radius 2 is 1.80 bits per heavy atom. The van der Waals surface area contributed by atoms with Gasteiger partial charge in [-0.05, 0) is 30.5 Å². The summed E-state index contributed by atoms with van der Waals surface area (Å²) in [5, 5.41) is 0.651. The molecule has 2 N–H and O–H groups in total. The van der Waals surface area contributed by atoms with Gasteiger partial charge in [0.15, 0.2) is 11.5 Å². The quantitative estimate of drug-likeness (QED) is 0.905. The molecule has 1 fully saturated rings. The van der Waals surface area contributed by atoms with Crippen molar-refractivity contribution < 1.29 is 9.47 Å². The minimum absolute atomic E-state index is 0.0621. The normalized spacial score (nSPS) is 21.3. The predicted octanol–water partition coefficient (Wildman–Crippen LogP) is 3.66. The van der Waals surface area contributed by atoms with E-state index in [9.17, 15) is 0 Å². The van der Waals surface area contributed by atoms with E-state index in [1.165, 1.54) is 24.8 Å². The Labute approximate surface area is 125 Å². The first kappa shape index (κ1) is 14.0. The monoisotopic (exact) mass is 295 g/mol. The molecular weight excluding hydrogens is 274 g/mol. The smallest absolute Gasteiger partial charge is 0.179 e. The highest BCUT2D eigenvalue weighted by atomic mass is 35.5. The molecular formula is C16H22ClNO2. The van der Waals surface area contributed by atoms with Gasteiger partial charge in [0.1, 0.15) is 0 Å². The molecule has 0 spiro atoms. The van der Waals surface area contributed by atoms with Crippen molar-refractivity contribution in [2.24, 2.45) is 5.73 Å². The minimum atomic E-state index is 0.0621. The fraction of sp³-hybridized carbons (Fsp3) is 0.625. The topological polar surface area (TPSA) is 44.5 Å². The lowest BCUT2D eigenvalue weighted by molar-refractivity contribution is 0.293. The Balaban J connectivity index is 2.01. The summed E-state index contributed by atoms with van der Waals surface area (Å²) in [6, 6.07) is 4.14. The summed E-state index contributed by atoms with van der Waals surface area (Å²) in [6.45, 7) is 2.01. The molecule has 1 aromatic rings. The van der Waals surface area contributed by atoms with Crippen LogP contribution >= 0.6 is 11.6 Å². The number of nitrogens with two attached hydrogens (primary N) is 1. The molecule has 0 aromatic heterocycles. The van der Waals surface area contributed by atoms with E-state index in [1.807, 2.05) is 6.07 Å². The van der Waals surface area contributed by atoms with Crippen LogP contribution in [0, 0.1) is 0 Å². The third-order valence-corrected chi connectivity index (χ3v) is 4.90. The zero-order valence-corrected chi connectivity index (χ0v) is 12.5. The SMILES string of the molecule is NCC1(c2cc(Cl)c3c(c2)OCCCO3)CCCCC1. The van der Waals surface area contributed by atoms with Crippen LogP contribution in [-0.2, 0) is 5.41 Å². The molecule has 1 aromatic carbocycles. The summed E-state index contributed by atoms with van der Waals surface area (Å²) >= 11 is 6.41. The number of benzene rings is 1. The van der Waals surface area contributed by atoms with Gasteiger partial charge in [-0.15, -0.1) is 0 Å². The number of ether oxygens (including phenoxy) is 2. The van der Waals surface area contributed by atoms with E-state index in [1.54, 1.807) is 0 Å². The average molecular weight is 296 g/mol. The van der Waals surface area contributed by atoms with Crippen molar-refractivity contribution in [3.05, 3.63) is 22.7 Å². The molecule has 3 nitrogen and oxygen atoms in total. The standard InChI is InChI=1S/C16H22ClNO2/c17-13-9-12(16(11-18)5-2-1-3-6-16)10-14-15(13)20-8-4-7-19-14/h9-10H,1-8,11,18H2. The highest BCUT2D eigenvalue weighted by Crippen LogP contribution is 2.45. The highest BCUT2D eigenvalue weighted by Gasteiger charge is 2.34. The van der Waals surface area contributed by atoms with Crippen LogP contribution in [0.4, 0.5) is 0 Å². The number of rotatable bonds is 2. The Morgan fingerprint density at radius 1 is 1.05 bits per heavy atom. The maximum atomic E-state index is 6.41. The van der Waals surface area contributed by atoms with Crippen LogP contribution in [0.2, 0.25) is 5.02 Å². The average Bonchev–Trinajstić information content (AvgIpc) is 2.73. The summed E-state index contributed by atoms with van der Waals surface area (Å²) in [5.41, 5.74) is 7.39. The van der Waals surface area contributed by atoms with Crippen LogP contribution in [0.5, 0.6) is 11.5 Å². The second-order valence-corrected chi connectivity index (χ2v) is 6.29. The molecule has 2 aliphatic rings. The Kier molecular flexibility index (Phi) is 4.08. The molecule has 1 saturated carbocycles. The maximum absolute atomic E-state index is 6.41. The Bertz CT molecular complexity index is 484. The summed E-state index contributed by atoms with van der Waals surface area (Å²) in [6.07, 6.45) is 6.95. The third-order valence-electron chi connectivity index (χ3n) is 4.62. The van der Waals surface area contributed by atoms with E-state index >= 15 is 0 Å². The first-order valence-corrected chi connectivity index (χ1v) is 7.93. The van der Waals surface area contributed by atoms with E-state index in [4.69, 9.17) is 26.8 Å². The molecule has 0 unspecified atom stereocenters. The molecule has 0 atom stereocenters. The van der Waals surface area contributed by atoms with Crippen LogP contribution in [0.25, 0.3) is 0 Å². The summed E-state index contributed by atoms with van der Waals surface area (Å²) in [7, 11) is 0. The van der Waals surface area contributed by atoms with Crippen LogP contribution in [0.3, 0.4) is 0 Å². The van der Waals surface area contributed by atoms with Crippen molar-refractivity contribution in [3.63, 3.8) is 0 Å². The van der Waals surface area contributed by atoms with Gasteiger partial charge in [-0.3, -0.25) is 0 Å². The van der Waals surface area contributed by atoms with Crippen LogP contribution in [-0.4, -0.2) is 19.8 Å². The molecule has 0 radical (unpaired) electrons. The third kappa shape index (κ3) is 2.49. The van der Waals surface area contributed by atoms with Crippen LogP contribution < -0.4 is 15.2 Å². The van der Waals surface area contributed by atoms with Gasteiger partial charge in [0.25, 0.3) is 0 Å².